The van der Waals surface area contributed by atoms with E-state index in [1.54, 1.807) is 7.11 Å². The Bertz CT molecular complexity index is 358. The molecule has 7 heteroatoms. The van der Waals surface area contributed by atoms with Crippen LogP contribution in [0.5, 0.6) is 0 Å². The molecular formula is C10H19NO5S. The fourth-order valence-electron chi connectivity index (χ4n) is 2.33. The van der Waals surface area contributed by atoms with Gasteiger partial charge in [-0.05, 0) is 6.42 Å². The third-order valence-electron chi connectivity index (χ3n) is 3.11. The summed E-state index contributed by atoms with van der Waals surface area (Å²) in [4.78, 5) is 0. The zero-order valence-corrected chi connectivity index (χ0v) is 10.9. The van der Waals surface area contributed by atoms with Crippen LogP contribution in [-0.2, 0) is 24.2 Å². The Morgan fingerprint density at radius 2 is 2.00 bits per heavy atom. The highest BCUT2D eigenvalue weighted by Crippen LogP contribution is 2.28. The van der Waals surface area contributed by atoms with Crippen LogP contribution >= 0.6 is 0 Å². The average molecular weight is 265 g/mol. The molecule has 1 N–H and O–H groups in total. The fourth-order valence-corrected chi connectivity index (χ4v) is 3.64. The Balaban J connectivity index is 1.97. The van der Waals surface area contributed by atoms with E-state index in [0.717, 1.165) is 0 Å². The van der Waals surface area contributed by atoms with Crippen molar-refractivity contribution in [1.82, 2.24) is 4.72 Å². The van der Waals surface area contributed by atoms with Gasteiger partial charge in [-0.1, -0.05) is 6.92 Å². The lowest BCUT2D eigenvalue weighted by atomic mass is 10.1. The van der Waals surface area contributed by atoms with Gasteiger partial charge < -0.3 is 14.2 Å². The predicted molar refractivity (Wildman–Crippen MR) is 61.3 cm³/mol. The number of methoxy groups -OCH3 is 1. The second-order valence-corrected chi connectivity index (χ2v) is 6.29. The van der Waals surface area contributed by atoms with Crippen molar-refractivity contribution in [3.63, 3.8) is 0 Å². The SMILES string of the molecule is CCCS(=O)(=O)N[C@H]1CO[C@H]2[C@@H]1OC[C@H]2OC. The summed E-state index contributed by atoms with van der Waals surface area (Å²) in [5.41, 5.74) is 0. The average Bonchev–Trinajstić information content (AvgIpc) is 2.80. The molecule has 0 aliphatic carbocycles. The largest absolute Gasteiger partial charge is 0.376 e. The van der Waals surface area contributed by atoms with Gasteiger partial charge in [-0.3, -0.25) is 0 Å². The standard InChI is InChI=1S/C10H19NO5S/c1-3-4-17(12,13)11-7-5-15-10-8(14-2)6-16-9(7)10/h7-11H,3-6H2,1-2H3/t7-,8+,9+,10+/m0/s1. The van der Waals surface area contributed by atoms with E-state index >= 15 is 0 Å². The van der Waals surface area contributed by atoms with Gasteiger partial charge in [0.15, 0.2) is 0 Å². The summed E-state index contributed by atoms with van der Waals surface area (Å²) < 4.78 is 42.3. The minimum absolute atomic E-state index is 0.0966. The molecule has 0 spiro atoms. The van der Waals surface area contributed by atoms with Gasteiger partial charge in [0.2, 0.25) is 10.0 Å². The highest BCUT2D eigenvalue weighted by atomic mass is 32.2. The van der Waals surface area contributed by atoms with Gasteiger partial charge in [-0.15, -0.1) is 0 Å². The number of sulfonamides is 1. The molecule has 2 rings (SSSR count). The summed E-state index contributed by atoms with van der Waals surface area (Å²) in [7, 11) is -1.62. The van der Waals surface area contributed by atoms with Gasteiger partial charge in [-0.25, -0.2) is 13.1 Å². The molecule has 2 saturated heterocycles. The molecule has 2 fully saturated rings. The number of rotatable bonds is 5. The van der Waals surface area contributed by atoms with Crippen molar-refractivity contribution in [1.29, 1.82) is 0 Å². The molecule has 4 atom stereocenters. The zero-order valence-electron chi connectivity index (χ0n) is 10.1. The van der Waals surface area contributed by atoms with E-state index in [0.29, 0.717) is 19.6 Å². The summed E-state index contributed by atoms with van der Waals surface area (Å²) in [6.45, 7) is 2.64. The number of hydrogen-bond donors (Lipinski definition) is 1. The molecule has 0 bridgehead atoms. The van der Waals surface area contributed by atoms with Crippen molar-refractivity contribution < 1.29 is 22.6 Å². The molecule has 0 aromatic carbocycles. The highest BCUT2D eigenvalue weighted by Gasteiger charge is 2.48. The van der Waals surface area contributed by atoms with Crippen LogP contribution in [0.1, 0.15) is 13.3 Å². The normalized spacial score (nSPS) is 37.3. The topological polar surface area (TPSA) is 73.9 Å². The lowest BCUT2D eigenvalue weighted by Crippen LogP contribution is -2.45. The monoisotopic (exact) mass is 265 g/mol. The summed E-state index contributed by atoms with van der Waals surface area (Å²) in [5, 5.41) is 0. The van der Waals surface area contributed by atoms with Gasteiger partial charge in [0, 0.05) is 7.11 Å². The molecule has 17 heavy (non-hydrogen) atoms. The van der Waals surface area contributed by atoms with E-state index in [9.17, 15) is 8.42 Å². The van der Waals surface area contributed by atoms with E-state index in [-0.39, 0.29) is 30.1 Å². The predicted octanol–water partition coefficient (Wildman–Crippen LogP) is -0.503. The Kier molecular flexibility index (Phi) is 4.04. The van der Waals surface area contributed by atoms with Crippen LogP contribution in [0.25, 0.3) is 0 Å². The lowest BCUT2D eigenvalue weighted by Gasteiger charge is -2.17. The second-order valence-electron chi connectivity index (χ2n) is 4.41. The smallest absolute Gasteiger partial charge is 0.212 e. The van der Waals surface area contributed by atoms with Gasteiger partial charge in [0.1, 0.15) is 18.3 Å². The zero-order chi connectivity index (χ0) is 12.5. The van der Waals surface area contributed by atoms with Crippen molar-refractivity contribution in [2.75, 3.05) is 26.1 Å². The summed E-state index contributed by atoms with van der Waals surface area (Å²) in [5.74, 6) is 0.134. The first-order valence-electron chi connectivity index (χ1n) is 5.83. The molecule has 2 aliphatic rings. The number of fused-ring (bicyclic) bond motifs is 1. The fraction of sp³-hybridized carbons (Fsp3) is 1.00. The summed E-state index contributed by atoms with van der Waals surface area (Å²) in [6.07, 6.45) is 0.111. The van der Waals surface area contributed by atoms with Crippen molar-refractivity contribution >= 4 is 10.0 Å². The Labute approximate surface area is 102 Å². The van der Waals surface area contributed by atoms with Gasteiger partial charge >= 0.3 is 0 Å². The number of nitrogens with one attached hydrogen (secondary N) is 1. The molecule has 0 amide bonds. The van der Waals surface area contributed by atoms with Crippen LogP contribution in [0.4, 0.5) is 0 Å². The third-order valence-corrected chi connectivity index (χ3v) is 4.72. The molecule has 0 aromatic heterocycles. The second kappa shape index (κ2) is 5.19. The molecule has 0 unspecified atom stereocenters. The Hall–Kier alpha value is -0.210. The van der Waals surface area contributed by atoms with Gasteiger partial charge in [0.25, 0.3) is 0 Å². The Morgan fingerprint density at radius 1 is 1.29 bits per heavy atom. The first kappa shape index (κ1) is 13.2. The maximum Gasteiger partial charge on any atom is 0.212 e. The molecular weight excluding hydrogens is 246 g/mol. The van der Waals surface area contributed by atoms with Gasteiger partial charge in [0.05, 0.1) is 25.0 Å². The summed E-state index contributed by atoms with van der Waals surface area (Å²) in [6, 6.07) is -0.295. The molecule has 6 nitrogen and oxygen atoms in total. The van der Waals surface area contributed by atoms with E-state index in [4.69, 9.17) is 14.2 Å². The van der Waals surface area contributed by atoms with Crippen LogP contribution in [0.15, 0.2) is 0 Å². The van der Waals surface area contributed by atoms with Crippen LogP contribution in [-0.4, -0.2) is 58.8 Å². The number of hydrogen-bond acceptors (Lipinski definition) is 5. The van der Waals surface area contributed by atoms with Crippen molar-refractivity contribution in [2.24, 2.45) is 0 Å². The van der Waals surface area contributed by atoms with E-state index in [1.807, 2.05) is 6.92 Å². The van der Waals surface area contributed by atoms with E-state index in [1.165, 1.54) is 0 Å². The first-order valence-corrected chi connectivity index (χ1v) is 7.48. The molecule has 100 valence electrons. The van der Waals surface area contributed by atoms with Crippen molar-refractivity contribution in [3.05, 3.63) is 0 Å². The van der Waals surface area contributed by atoms with E-state index < -0.39 is 10.0 Å². The van der Waals surface area contributed by atoms with Crippen molar-refractivity contribution in [3.8, 4) is 0 Å². The molecule has 2 aliphatic heterocycles. The maximum absolute atomic E-state index is 11.7. The first-order chi connectivity index (χ1) is 8.07. The van der Waals surface area contributed by atoms with Crippen molar-refractivity contribution in [2.45, 2.75) is 37.7 Å². The molecule has 0 saturated carbocycles. The number of ether oxygens (including phenoxy) is 3. The molecule has 2 heterocycles. The molecule has 0 radical (unpaired) electrons. The van der Waals surface area contributed by atoms with Crippen LogP contribution < -0.4 is 4.72 Å². The minimum atomic E-state index is -3.23. The quantitative estimate of drug-likeness (QED) is 0.725. The van der Waals surface area contributed by atoms with Gasteiger partial charge in [-0.2, -0.15) is 0 Å². The minimum Gasteiger partial charge on any atom is -0.376 e. The highest BCUT2D eigenvalue weighted by molar-refractivity contribution is 7.89. The van der Waals surface area contributed by atoms with E-state index in [2.05, 4.69) is 4.72 Å². The van der Waals surface area contributed by atoms with Crippen LogP contribution in [0.3, 0.4) is 0 Å². The van der Waals surface area contributed by atoms with Crippen LogP contribution in [0, 0.1) is 0 Å². The lowest BCUT2D eigenvalue weighted by molar-refractivity contribution is -0.00795. The Morgan fingerprint density at radius 3 is 2.65 bits per heavy atom. The third kappa shape index (κ3) is 2.79. The maximum atomic E-state index is 11.7. The summed E-state index contributed by atoms with van der Waals surface area (Å²) >= 11 is 0. The van der Waals surface area contributed by atoms with Crippen LogP contribution in [0.2, 0.25) is 0 Å². The molecule has 0 aromatic rings.